The number of carbonyl (C=O) groups excluding carboxylic acids is 1. The molecule has 0 aromatic heterocycles. The highest BCUT2D eigenvalue weighted by Gasteiger charge is 2.41. The van der Waals surface area contributed by atoms with Crippen molar-refractivity contribution in [3.8, 4) is 0 Å². The summed E-state index contributed by atoms with van der Waals surface area (Å²) in [5.74, 6) is 0.386. The maximum Gasteiger partial charge on any atom is 0.239 e. The minimum absolute atomic E-state index is 0.123. The smallest absolute Gasteiger partial charge is 0.239 e. The lowest BCUT2D eigenvalue weighted by molar-refractivity contribution is -0.133. The number of hydrogen-bond donors (Lipinski definition) is 1. The van der Waals surface area contributed by atoms with Crippen LogP contribution in [-0.4, -0.2) is 36.5 Å². The Morgan fingerprint density at radius 3 is 2.61 bits per heavy atom. The predicted molar refractivity (Wildman–Crippen MR) is 72.4 cm³/mol. The molecule has 0 radical (unpaired) electrons. The van der Waals surface area contributed by atoms with Gasteiger partial charge < -0.3 is 10.2 Å². The molecule has 18 heavy (non-hydrogen) atoms. The quantitative estimate of drug-likeness (QED) is 0.774. The van der Waals surface area contributed by atoms with Crippen molar-refractivity contribution in [2.24, 2.45) is 5.41 Å². The molecular formula is C15H26N2O. The molecular weight excluding hydrogens is 224 g/mol. The molecule has 2 saturated heterocycles. The van der Waals surface area contributed by atoms with Crippen molar-refractivity contribution >= 4 is 5.91 Å². The molecule has 1 amide bonds. The van der Waals surface area contributed by atoms with E-state index >= 15 is 0 Å². The average molecular weight is 250 g/mol. The summed E-state index contributed by atoms with van der Waals surface area (Å²) >= 11 is 0. The number of carbonyl (C=O) groups is 1. The summed E-state index contributed by atoms with van der Waals surface area (Å²) in [7, 11) is 0. The van der Waals surface area contributed by atoms with E-state index in [1.165, 1.54) is 51.4 Å². The van der Waals surface area contributed by atoms with Crippen LogP contribution >= 0.6 is 0 Å². The largest absolute Gasteiger partial charge is 0.341 e. The van der Waals surface area contributed by atoms with Crippen molar-refractivity contribution in [1.82, 2.24) is 10.2 Å². The molecule has 1 atom stereocenters. The van der Waals surface area contributed by atoms with Gasteiger partial charge in [0.2, 0.25) is 5.91 Å². The maximum absolute atomic E-state index is 12.5. The van der Waals surface area contributed by atoms with Gasteiger partial charge in [0.25, 0.3) is 0 Å². The SMILES string of the molecule is O=C([C@@H]1CCCCN1)N1CCC2(CCCCC2)C1. The van der Waals surface area contributed by atoms with Gasteiger partial charge in [-0.2, -0.15) is 0 Å². The molecule has 0 bridgehead atoms. The fraction of sp³-hybridized carbons (Fsp3) is 0.933. The molecule has 2 heterocycles. The number of nitrogens with zero attached hydrogens (tertiary/aromatic N) is 1. The molecule has 0 aromatic rings. The minimum atomic E-state index is 0.123. The Morgan fingerprint density at radius 2 is 1.89 bits per heavy atom. The van der Waals surface area contributed by atoms with E-state index in [9.17, 15) is 4.79 Å². The van der Waals surface area contributed by atoms with Crippen molar-refractivity contribution in [2.75, 3.05) is 19.6 Å². The lowest BCUT2D eigenvalue weighted by atomic mass is 9.73. The van der Waals surface area contributed by atoms with Crippen LogP contribution in [0, 0.1) is 5.41 Å². The summed E-state index contributed by atoms with van der Waals surface area (Å²) in [5, 5.41) is 3.40. The van der Waals surface area contributed by atoms with E-state index in [4.69, 9.17) is 0 Å². The van der Waals surface area contributed by atoms with Gasteiger partial charge in [0, 0.05) is 13.1 Å². The molecule has 102 valence electrons. The molecule has 3 nitrogen and oxygen atoms in total. The highest BCUT2D eigenvalue weighted by atomic mass is 16.2. The van der Waals surface area contributed by atoms with E-state index in [0.29, 0.717) is 11.3 Å². The second-order valence-electron chi connectivity index (χ2n) is 6.57. The Balaban J connectivity index is 1.59. The Labute approximate surface area is 110 Å². The number of piperidine rings is 1. The van der Waals surface area contributed by atoms with Crippen LogP contribution < -0.4 is 5.32 Å². The molecule has 0 unspecified atom stereocenters. The van der Waals surface area contributed by atoms with Crippen LogP contribution in [0.2, 0.25) is 0 Å². The lowest BCUT2D eigenvalue weighted by Crippen LogP contribution is -2.48. The first-order valence-electron chi connectivity index (χ1n) is 7.81. The van der Waals surface area contributed by atoms with E-state index in [1.807, 2.05) is 0 Å². The number of nitrogens with one attached hydrogen (secondary N) is 1. The first kappa shape index (κ1) is 12.5. The Morgan fingerprint density at radius 1 is 1.06 bits per heavy atom. The lowest BCUT2D eigenvalue weighted by Gasteiger charge is -2.34. The second kappa shape index (κ2) is 5.20. The third kappa shape index (κ3) is 2.42. The molecule has 3 rings (SSSR count). The van der Waals surface area contributed by atoms with Crippen molar-refractivity contribution in [3.05, 3.63) is 0 Å². The third-order valence-electron chi connectivity index (χ3n) is 5.27. The zero-order valence-electron chi connectivity index (χ0n) is 11.4. The molecule has 1 N–H and O–H groups in total. The van der Waals surface area contributed by atoms with Gasteiger partial charge in [-0.15, -0.1) is 0 Å². The van der Waals surface area contributed by atoms with Gasteiger partial charge in [0.05, 0.1) is 6.04 Å². The van der Waals surface area contributed by atoms with Gasteiger partial charge in [0.1, 0.15) is 0 Å². The number of rotatable bonds is 1. The first-order valence-corrected chi connectivity index (χ1v) is 7.81. The summed E-state index contributed by atoms with van der Waals surface area (Å²) < 4.78 is 0. The molecule has 1 saturated carbocycles. The zero-order chi connectivity index (χ0) is 12.4. The Kier molecular flexibility index (Phi) is 3.60. The van der Waals surface area contributed by atoms with Crippen LogP contribution in [0.15, 0.2) is 0 Å². The number of amides is 1. The van der Waals surface area contributed by atoms with Gasteiger partial charge in [-0.1, -0.05) is 25.7 Å². The molecule has 0 aromatic carbocycles. The van der Waals surface area contributed by atoms with Gasteiger partial charge >= 0.3 is 0 Å². The predicted octanol–water partition coefficient (Wildman–Crippen LogP) is 2.31. The van der Waals surface area contributed by atoms with Gasteiger partial charge in [-0.05, 0) is 44.1 Å². The third-order valence-corrected chi connectivity index (χ3v) is 5.27. The van der Waals surface area contributed by atoms with Gasteiger partial charge in [-0.25, -0.2) is 0 Å². The number of hydrogen-bond acceptors (Lipinski definition) is 2. The molecule has 2 aliphatic heterocycles. The summed E-state index contributed by atoms with van der Waals surface area (Å²) in [4.78, 5) is 14.7. The Bertz CT molecular complexity index is 304. The van der Waals surface area contributed by atoms with E-state index < -0.39 is 0 Å². The first-order chi connectivity index (χ1) is 8.79. The van der Waals surface area contributed by atoms with Crippen LogP contribution in [0.3, 0.4) is 0 Å². The second-order valence-corrected chi connectivity index (χ2v) is 6.57. The van der Waals surface area contributed by atoms with E-state index in [-0.39, 0.29) is 6.04 Å². The van der Waals surface area contributed by atoms with Crippen LogP contribution in [0.25, 0.3) is 0 Å². The standard InChI is InChI=1S/C15H26N2O/c18-14(13-6-2-5-10-16-13)17-11-9-15(12-17)7-3-1-4-8-15/h13,16H,1-12H2/t13-/m0/s1. The van der Waals surface area contributed by atoms with E-state index in [1.54, 1.807) is 0 Å². The summed E-state index contributed by atoms with van der Waals surface area (Å²) in [6.45, 7) is 3.08. The van der Waals surface area contributed by atoms with E-state index in [2.05, 4.69) is 10.2 Å². The molecule has 3 fully saturated rings. The fourth-order valence-electron chi connectivity index (χ4n) is 4.12. The average Bonchev–Trinajstić information content (AvgIpc) is 2.83. The monoisotopic (exact) mass is 250 g/mol. The van der Waals surface area contributed by atoms with Gasteiger partial charge in [-0.3, -0.25) is 4.79 Å². The minimum Gasteiger partial charge on any atom is -0.341 e. The number of likely N-dealkylation sites (tertiary alicyclic amines) is 1. The van der Waals surface area contributed by atoms with Crippen LogP contribution in [0.4, 0.5) is 0 Å². The highest BCUT2D eigenvalue weighted by Crippen LogP contribution is 2.43. The normalized spacial score (nSPS) is 31.8. The topological polar surface area (TPSA) is 32.3 Å². The summed E-state index contributed by atoms with van der Waals surface area (Å²) in [6, 6.07) is 0.123. The van der Waals surface area contributed by atoms with Crippen molar-refractivity contribution < 1.29 is 4.79 Å². The maximum atomic E-state index is 12.5. The van der Waals surface area contributed by atoms with Crippen LogP contribution in [-0.2, 0) is 4.79 Å². The van der Waals surface area contributed by atoms with Gasteiger partial charge in [0.15, 0.2) is 0 Å². The molecule has 3 aliphatic rings. The molecule has 1 spiro atoms. The fourth-order valence-corrected chi connectivity index (χ4v) is 4.12. The molecule has 3 heteroatoms. The molecule has 1 aliphatic carbocycles. The van der Waals surface area contributed by atoms with Crippen molar-refractivity contribution in [2.45, 2.75) is 63.8 Å². The Hall–Kier alpha value is -0.570. The van der Waals surface area contributed by atoms with Crippen molar-refractivity contribution in [3.63, 3.8) is 0 Å². The highest BCUT2D eigenvalue weighted by molar-refractivity contribution is 5.82. The summed E-state index contributed by atoms with van der Waals surface area (Å²) in [6.07, 6.45) is 11.6. The zero-order valence-corrected chi connectivity index (χ0v) is 11.4. The van der Waals surface area contributed by atoms with Crippen molar-refractivity contribution in [1.29, 1.82) is 0 Å². The summed E-state index contributed by atoms with van der Waals surface area (Å²) in [5.41, 5.74) is 0.503. The van der Waals surface area contributed by atoms with Crippen LogP contribution in [0.5, 0.6) is 0 Å². The van der Waals surface area contributed by atoms with Crippen LogP contribution in [0.1, 0.15) is 57.8 Å². The van der Waals surface area contributed by atoms with E-state index in [0.717, 1.165) is 26.1 Å².